The zero-order chi connectivity index (χ0) is 12.3. The smallest absolute Gasteiger partial charge is 0.123 e. The van der Waals surface area contributed by atoms with Crippen molar-refractivity contribution in [2.45, 2.75) is 36.9 Å². The summed E-state index contributed by atoms with van der Waals surface area (Å²) in [7, 11) is 1.74. The van der Waals surface area contributed by atoms with Crippen LogP contribution in [0, 0.1) is 5.92 Å². The Kier molecular flexibility index (Phi) is 4.92. The third-order valence-corrected chi connectivity index (χ3v) is 4.90. The second kappa shape index (κ2) is 6.24. The van der Waals surface area contributed by atoms with Gasteiger partial charge in [0.25, 0.3) is 0 Å². The van der Waals surface area contributed by atoms with E-state index in [9.17, 15) is 0 Å². The molecule has 0 bridgehead atoms. The Morgan fingerprint density at radius 3 is 2.71 bits per heavy atom. The maximum Gasteiger partial charge on any atom is 0.123 e. The first-order chi connectivity index (χ1) is 8.20. The summed E-state index contributed by atoms with van der Waals surface area (Å²) in [6.45, 7) is 0. The molecule has 1 aromatic rings. The summed E-state index contributed by atoms with van der Waals surface area (Å²) in [5.41, 5.74) is 1.26. The van der Waals surface area contributed by atoms with Gasteiger partial charge in [-0.3, -0.25) is 0 Å². The highest BCUT2D eigenvalue weighted by atomic mass is 79.9. The SMILES string of the molecule is COc1ccc(Br)cc1C(Br)CC1CCCC1. The van der Waals surface area contributed by atoms with Crippen molar-refractivity contribution in [3.63, 3.8) is 0 Å². The first-order valence-corrected chi connectivity index (χ1v) is 7.89. The molecule has 1 aliphatic carbocycles. The Hall–Kier alpha value is -0.0200. The van der Waals surface area contributed by atoms with E-state index in [0.29, 0.717) is 4.83 Å². The van der Waals surface area contributed by atoms with Crippen molar-refractivity contribution in [2.75, 3.05) is 7.11 Å². The standard InChI is InChI=1S/C14H18Br2O/c1-17-14-7-6-11(15)9-12(14)13(16)8-10-4-2-3-5-10/h6-7,9-10,13H,2-5,8H2,1H3. The minimum atomic E-state index is 0.401. The number of ether oxygens (including phenoxy) is 1. The Bertz CT molecular complexity index is 372. The molecular weight excluding hydrogens is 344 g/mol. The molecule has 0 spiro atoms. The van der Waals surface area contributed by atoms with Gasteiger partial charge < -0.3 is 4.74 Å². The molecule has 2 rings (SSSR count). The number of rotatable bonds is 4. The zero-order valence-corrected chi connectivity index (χ0v) is 13.3. The van der Waals surface area contributed by atoms with Crippen molar-refractivity contribution < 1.29 is 4.74 Å². The summed E-state index contributed by atoms with van der Waals surface area (Å²) in [5.74, 6) is 1.86. The molecule has 17 heavy (non-hydrogen) atoms. The maximum absolute atomic E-state index is 5.44. The van der Waals surface area contributed by atoms with Crippen molar-refractivity contribution in [2.24, 2.45) is 5.92 Å². The van der Waals surface area contributed by atoms with Crippen molar-refractivity contribution in [1.29, 1.82) is 0 Å². The summed E-state index contributed by atoms with van der Waals surface area (Å²) in [6.07, 6.45) is 6.80. The lowest BCUT2D eigenvalue weighted by Crippen LogP contribution is -2.01. The van der Waals surface area contributed by atoms with Gasteiger partial charge in [0.2, 0.25) is 0 Å². The molecule has 0 aromatic heterocycles. The predicted molar refractivity (Wildman–Crippen MR) is 78.9 cm³/mol. The predicted octanol–water partition coefficient (Wildman–Crippen LogP) is 5.47. The van der Waals surface area contributed by atoms with Gasteiger partial charge in [0.1, 0.15) is 5.75 Å². The lowest BCUT2D eigenvalue weighted by molar-refractivity contribution is 0.405. The van der Waals surface area contributed by atoms with Gasteiger partial charge in [-0.25, -0.2) is 0 Å². The van der Waals surface area contributed by atoms with E-state index in [4.69, 9.17) is 4.74 Å². The van der Waals surface area contributed by atoms with E-state index in [1.807, 2.05) is 12.1 Å². The van der Waals surface area contributed by atoms with E-state index in [2.05, 4.69) is 37.9 Å². The molecule has 0 saturated heterocycles. The van der Waals surface area contributed by atoms with Crippen molar-refractivity contribution in [3.8, 4) is 5.75 Å². The molecule has 1 unspecified atom stereocenters. The van der Waals surface area contributed by atoms with Crippen LogP contribution in [-0.4, -0.2) is 7.11 Å². The number of benzene rings is 1. The normalized spacial score (nSPS) is 18.3. The number of halogens is 2. The first-order valence-electron chi connectivity index (χ1n) is 6.18. The van der Waals surface area contributed by atoms with Gasteiger partial charge in [-0.2, -0.15) is 0 Å². The Morgan fingerprint density at radius 2 is 2.06 bits per heavy atom. The van der Waals surface area contributed by atoms with Crippen molar-refractivity contribution in [1.82, 2.24) is 0 Å². The molecule has 1 nitrogen and oxygen atoms in total. The lowest BCUT2D eigenvalue weighted by atomic mass is 9.97. The quantitative estimate of drug-likeness (QED) is 0.645. The highest BCUT2D eigenvalue weighted by Crippen LogP contribution is 2.41. The van der Waals surface area contributed by atoms with E-state index < -0.39 is 0 Å². The Balaban J connectivity index is 2.11. The third kappa shape index (κ3) is 3.47. The van der Waals surface area contributed by atoms with Gasteiger partial charge in [0.15, 0.2) is 0 Å². The van der Waals surface area contributed by atoms with Crippen molar-refractivity contribution in [3.05, 3.63) is 28.2 Å². The molecule has 1 aliphatic rings. The van der Waals surface area contributed by atoms with Crippen molar-refractivity contribution >= 4 is 31.9 Å². The molecule has 0 radical (unpaired) electrons. The molecular formula is C14H18Br2O. The van der Waals surface area contributed by atoms with Gasteiger partial charge in [-0.1, -0.05) is 57.5 Å². The molecule has 3 heteroatoms. The fourth-order valence-corrected chi connectivity index (χ4v) is 3.88. The molecule has 0 heterocycles. The van der Waals surface area contributed by atoms with Crippen LogP contribution in [0.1, 0.15) is 42.5 Å². The highest BCUT2D eigenvalue weighted by Gasteiger charge is 2.21. The maximum atomic E-state index is 5.44. The average Bonchev–Trinajstić information content (AvgIpc) is 2.81. The van der Waals surface area contributed by atoms with Crippen LogP contribution in [0.2, 0.25) is 0 Å². The van der Waals surface area contributed by atoms with E-state index in [0.717, 1.165) is 16.1 Å². The molecule has 94 valence electrons. The van der Waals surface area contributed by atoms with Gasteiger partial charge >= 0.3 is 0 Å². The molecule has 0 N–H and O–H groups in total. The molecule has 1 saturated carbocycles. The van der Waals surface area contributed by atoms with Crippen LogP contribution in [0.4, 0.5) is 0 Å². The van der Waals surface area contributed by atoms with Gasteiger partial charge in [0.05, 0.1) is 7.11 Å². The fourth-order valence-electron chi connectivity index (χ4n) is 2.62. The van der Waals surface area contributed by atoms with E-state index >= 15 is 0 Å². The van der Waals surface area contributed by atoms with Crippen LogP contribution in [-0.2, 0) is 0 Å². The number of alkyl halides is 1. The Morgan fingerprint density at radius 1 is 1.35 bits per heavy atom. The number of hydrogen-bond acceptors (Lipinski definition) is 1. The van der Waals surface area contributed by atoms with Crippen LogP contribution >= 0.6 is 31.9 Å². The molecule has 1 aromatic carbocycles. The van der Waals surface area contributed by atoms with Crippen LogP contribution in [0.25, 0.3) is 0 Å². The largest absolute Gasteiger partial charge is 0.496 e. The molecule has 0 amide bonds. The topological polar surface area (TPSA) is 9.23 Å². The number of hydrogen-bond donors (Lipinski definition) is 0. The second-order valence-electron chi connectivity index (χ2n) is 4.74. The van der Waals surface area contributed by atoms with E-state index in [1.54, 1.807) is 7.11 Å². The minimum Gasteiger partial charge on any atom is -0.496 e. The monoisotopic (exact) mass is 360 g/mol. The zero-order valence-electron chi connectivity index (χ0n) is 10.1. The van der Waals surface area contributed by atoms with Gasteiger partial charge in [0, 0.05) is 14.9 Å². The van der Waals surface area contributed by atoms with Crippen LogP contribution in [0.3, 0.4) is 0 Å². The summed E-state index contributed by atoms with van der Waals surface area (Å²) < 4.78 is 6.55. The second-order valence-corrected chi connectivity index (χ2v) is 6.76. The summed E-state index contributed by atoms with van der Waals surface area (Å²) in [5, 5.41) is 0. The summed E-state index contributed by atoms with van der Waals surface area (Å²) in [6, 6.07) is 6.22. The van der Waals surface area contributed by atoms with Crippen LogP contribution in [0.5, 0.6) is 5.75 Å². The lowest BCUT2D eigenvalue weighted by Gasteiger charge is -2.18. The third-order valence-electron chi connectivity index (χ3n) is 3.54. The first kappa shape index (κ1) is 13.4. The van der Waals surface area contributed by atoms with Crippen LogP contribution < -0.4 is 4.74 Å². The van der Waals surface area contributed by atoms with E-state index in [-0.39, 0.29) is 0 Å². The summed E-state index contributed by atoms with van der Waals surface area (Å²) >= 11 is 7.35. The van der Waals surface area contributed by atoms with Crippen LogP contribution in [0.15, 0.2) is 22.7 Å². The van der Waals surface area contributed by atoms with E-state index in [1.165, 1.54) is 37.7 Å². The molecule has 0 aliphatic heterocycles. The Labute approximate surface area is 120 Å². The fraction of sp³-hybridized carbons (Fsp3) is 0.571. The minimum absolute atomic E-state index is 0.401. The average molecular weight is 362 g/mol. The molecule has 1 atom stereocenters. The summed E-state index contributed by atoms with van der Waals surface area (Å²) in [4.78, 5) is 0.401. The van der Waals surface area contributed by atoms with Gasteiger partial charge in [-0.15, -0.1) is 0 Å². The molecule has 1 fully saturated rings. The number of methoxy groups -OCH3 is 1. The highest BCUT2D eigenvalue weighted by molar-refractivity contribution is 9.10. The van der Waals surface area contributed by atoms with Gasteiger partial charge in [-0.05, 0) is 30.5 Å².